The Morgan fingerprint density at radius 3 is 2.27 bits per heavy atom. The number of hydrogen-bond donors (Lipinski definition) is 1. The van der Waals surface area contributed by atoms with E-state index in [0.717, 1.165) is 18.4 Å². The normalized spacial score (nSPS) is 11.2. The highest BCUT2D eigenvalue weighted by molar-refractivity contribution is 6.19. The van der Waals surface area contributed by atoms with E-state index in [9.17, 15) is 9.90 Å². The van der Waals surface area contributed by atoms with Gasteiger partial charge in [-0.1, -0.05) is 19.4 Å². The second-order valence-corrected chi connectivity index (χ2v) is 6.86. The first-order valence-corrected chi connectivity index (χ1v) is 9.73. The van der Waals surface area contributed by atoms with Crippen LogP contribution in [0.1, 0.15) is 47.0 Å². The summed E-state index contributed by atoms with van der Waals surface area (Å²) in [6.45, 7) is 3.93. The first kappa shape index (κ1) is 21.3. The average Bonchev–Trinajstić information content (AvgIpc) is 3.13. The molecule has 0 saturated heterocycles. The summed E-state index contributed by atoms with van der Waals surface area (Å²) >= 11 is 0. The van der Waals surface area contributed by atoms with Crippen molar-refractivity contribution in [3.05, 3.63) is 52.8 Å². The number of phenolic OH excluding ortho intramolecular Hbond substituents is 1. The van der Waals surface area contributed by atoms with E-state index < -0.39 is 0 Å². The Labute approximate surface area is 175 Å². The van der Waals surface area contributed by atoms with Crippen molar-refractivity contribution >= 4 is 22.8 Å². The number of furan rings is 1. The molecular weight excluding hydrogens is 384 g/mol. The standard InChI is InChI=1S/C24H26O6/c1-6-7-8-9-17-21(16-10-11-18(27-3)23(26)24(16)30-17)22(25)15-12-19(28-4)14(2)20(13-15)29-5/h8-13,26H,6-7H2,1-5H3/b9-8+. The van der Waals surface area contributed by atoms with Crippen molar-refractivity contribution in [3.63, 3.8) is 0 Å². The van der Waals surface area contributed by atoms with E-state index in [1.807, 2.05) is 13.0 Å². The van der Waals surface area contributed by atoms with Gasteiger partial charge >= 0.3 is 0 Å². The van der Waals surface area contributed by atoms with Crippen LogP contribution in [0.15, 0.2) is 34.8 Å². The number of ether oxygens (including phenoxy) is 3. The predicted octanol–water partition coefficient (Wildman–Crippen LogP) is 5.52. The Balaban J connectivity index is 2.24. The van der Waals surface area contributed by atoms with Gasteiger partial charge in [0, 0.05) is 16.5 Å². The Hall–Kier alpha value is -3.41. The van der Waals surface area contributed by atoms with E-state index in [1.165, 1.54) is 7.11 Å². The third-order valence-electron chi connectivity index (χ3n) is 5.01. The molecule has 3 rings (SSSR count). The summed E-state index contributed by atoms with van der Waals surface area (Å²) in [5.41, 5.74) is 1.78. The number of carbonyl (C=O) groups is 1. The third-order valence-corrected chi connectivity index (χ3v) is 5.01. The topological polar surface area (TPSA) is 78.1 Å². The Kier molecular flexibility index (Phi) is 6.35. The molecule has 2 aromatic carbocycles. The lowest BCUT2D eigenvalue weighted by Gasteiger charge is -2.12. The van der Waals surface area contributed by atoms with Crippen LogP contribution >= 0.6 is 0 Å². The van der Waals surface area contributed by atoms with Crippen LogP contribution in [0.25, 0.3) is 17.0 Å². The van der Waals surface area contributed by atoms with Crippen molar-refractivity contribution in [2.75, 3.05) is 21.3 Å². The van der Waals surface area contributed by atoms with Crippen molar-refractivity contribution in [1.82, 2.24) is 0 Å². The number of benzene rings is 2. The zero-order valence-electron chi connectivity index (χ0n) is 17.9. The van der Waals surface area contributed by atoms with Crippen molar-refractivity contribution < 1.29 is 28.5 Å². The summed E-state index contributed by atoms with van der Waals surface area (Å²) in [7, 11) is 4.56. The monoisotopic (exact) mass is 410 g/mol. The molecule has 3 aromatic rings. The van der Waals surface area contributed by atoms with E-state index in [4.69, 9.17) is 18.6 Å². The van der Waals surface area contributed by atoms with Gasteiger partial charge in [-0.2, -0.15) is 0 Å². The quantitative estimate of drug-likeness (QED) is 0.493. The fourth-order valence-corrected chi connectivity index (χ4v) is 3.38. The highest BCUT2D eigenvalue weighted by Crippen LogP contribution is 2.40. The molecule has 0 bridgehead atoms. The summed E-state index contributed by atoms with van der Waals surface area (Å²) in [5.74, 6) is 1.36. The molecular formula is C24H26O6. The van der Waals surface area contributed by atoms with Crippen molar-refractivity contribution in [2.24, 2.45) is 0 Å². The molecule has 158 valence electrons. The smallest absolute Gasteiger partial charge is 0.202 e. The van der Waals surface area contributed by atoms with Crippen molar-refractivity contribution in [1.29, 1.82) is 0 Å². The molecule has 6 nitrogen and oxygen atoms in total. The maximum atomic E-state index is 13.6. The van der Waals surface area contributed by atoms with Gasteiger partial charge in [-0.25, -0.2) is 0 Å². The maximum absolute atomic E-state index is 13.6. The molecule has 0 radical (unpaired) electrons. The van der Waals surface area contributed by atoms with Gasteiger partial charge in [-0.15, -0.1) is 0 Å². The van der Waals surface area contributed by atoms with Crippen LogP contribution in [0.3, 0.4) is 0 Å². The summed E-state index contributed by atoms with van der Waals surface area (Å²) in [5, 5.41) is 11.0. The molecule has 0 unspecified atom stereocenters. The lowest BCUT2D eigenvalue weighted by atomic mass is 9.97. The first-order chi connectivity index (χ1) is 14.5. The number of hydrogen-bond acceptors (Lipinski definition) is 6. The predicted molar refractivity (Wildman–Crippen MR) is 116 cm³/mol. The molecule has 0 amide bonds. The SMILES string of the molecule is CCC/C=C/c1oc2c(O)c(OC)ccc2c1C(=O)c1cc(OC)c(C)c(OC)c1. The Morgan fingerprint density at radius 2 is 1.70 bits per heavy atom. The summed E-state index contributed by atoms with van der Waals surface area (Å²) in [6, 6.07) is 6.69. The van der Waals surface area contributed by atoms with Crippen LogP contribution in [0, 0.1) is 6.92 Å². The number of aromatic hydroxyl groups is 1. The third kappa shape index (κ3) is 3.73. The van der Waals surface area contributed by atoms with Crippen LogP contribution in [-0.2, 0) is 0 Å². The average molecular weight is 410 g/mol. The molecule has 0 atom stereocenters. The van der Waals surface area contributed by atoms with E-state index in [1.54, 1.807) is 44.6 Å². The molecule has 0 aliphatic carbocycles. The maximum Gasteiger partial charge on any atom is 0.202 e. The Bertz CT molecular complexity index is 1080. The van der Waals surface area contributed by atoms with Gasteiger partial charge < -0.3 is 23.7 Å². The number of fused-ring (bicyclic) bond motifs is 1. The lowest BCUT2D eigenvalue weighted by molar-refractivity contribution is 0.103. The molecule has 0 fully saturated rings. The second-order valence-electron chi connectivity index (χ2n) is 6.86. The van der Waals surface area contributed by atoms with Gasteiger partial charge in [0.15, 0.2) is 17.1 Å². The molecule has 0 spiro atoms. The van der Waals surface area contributed by atoms with E-state index >= 15 is 0 Å². The van der Waals surface area contributed by atoms with Crippen LogP contribution in [0.4, 0.5) is 0 Å². The molecule has 1 N–H and O–H groups in total. The number of allylic oxidation sites excluding steroid dienone is 1. The lowest BCUT2D eigenvalue weighted by Crippen LogP contribution is -2.05. The molecule has 0 aliphatic heterocycles. The van der Waals surface area contributed by atoms with Crippen molar-refractivity contribution in [3.8, 4) is 23.0 Å². The van der Waals surface area contributed by atoms with Crippen molar-refractivity contribution in [2.45, 2.75) is 26.7 Å². The largest absolute Gasteiger partial charge is 0.502 e. The number of phenols is 1. The summed E-state index contributed by atoms with van der Waals surface area (Å²) < 4.78 is 21.9. The van der Waals surface area contributed by atoms with Gasteiger partial charge in [0.25, 0.3) is 0 Å². The minimum Gasteiger partial charge on any atom is -0.502 e. The number of ketones is 1. The zero-order valence-corrected chi connectivity index (χ0v) is 17.9. The fraction of sp³-hybridized carbons (Fsp3) is 0.292. The fourth-order valence-electron chi connectivity index (χ4n) is 3.38. The summed E-state index contributed by atoms with van der Waals surface area (Å²) in [4.78, 5) is 13.6. The van der Waals surface area contributed by atoms with E-state index in [2.05, 4.69) is 6.92 Å². The highest BCUT2D eigenvalue weighted by Gasteiger charge is 2.25. The molecule has 0 aliphatic rings. The minimum absolute atomic E-state index is 0.141. The Morgan fingerprint density at radius 1 is 1.07 bits per heavy atom. The molecule has 1 aromatic heterocycles. The number of methoxy groups -OCH3 is 3. The zero-order chi connectivity index (χ0) is 21.8. The molecule has 30 heavy (non-hydrogen) atoms. The molecule has 6 heteroatoms. The van der Waals surface area contributed by atoms with Crippen LogP contribution in [-0.4, -0.2) is 32.2 Å². The van der Waals surface area contributed by atoms with Gasteiger partial charge in [0.05, 0.1) is 26.9 Å². The van der Waals surface area contributed by atoms with Gasteiger partial charge in [-0.3, -0.25) is 4.79 Å². The molecule has 0 saturated carbocycles. The van der Waals surface area contributed by atoms with Gasteiger partial charge in [0.1, 0.15) is 17.3 Å². The molecule has 1 heterocycles. The summed E-state index contributed by atoms with van der Waals surface area (Å²) in [6.07, 6.45) is 5.52. The van der Waals surface area contributed by atoms with E-state index in [-0.39, 0.29) is 22.9 Å². The number of carbonyl (C=O) groups excluding carboxylic acids is 1. The van der Waals surface area contributed by atoms with Gasteiger partial charge in [-0.05, 0) is 43.7 Å². The minimum atomic E-state index is -0.258. The van der Waals surface area contributed by atoms with Gasteiger partial charge in [0.2, 0.25) is 5.75 Å². The second kappa shape index (κ2) is 8.95. The van der Waals surface area contributed by atoms with Crippen LogP contribution < -0.4 is 14.2 Å². The highest BCUT2D eigenvalue weighted by atomic mass is 16.5. The number of unbranched alkanes of at least 4 members (excludes halogenated alkanes) is 1. The number of rotatable bonds is 8. The van der Waals surface area contributed by atoms with Crippen LogP contribution in [0.5, 0.6) is 23.0 Å². The van der Waals surface area contributed by atoms with Crippen LogP contribution in [0.2, 0.25) is 0 Å². The first-order valence-electron chi connectivity index (χ1n) is 9.73. The van der Waals surface area contributed by atoms with E-state index in [0.29, 0.717) is 33.8 Å².